The van der Waals surface area contributed by atoms with Gasteiger partial charge in [-0.2, -0.15) is 0 Å². The number of rotatable bonds is 16. The number of benzene rings is 2. The number of allylic oxidation sites excluding steroid dienone is 1. The van der Waals surface area contributed by atoms with Crippen LogP contribution in [-0.2, 0) is 0 Å². The Morgan fingerprint density at radius 2 is 1.39 bits per heavy atom. The van der Waals surface area contributed by atoms with Crippen molar-refractivity contribution in [2.24, 2.45) is 0 Å². The molecule has 2 rings (SSSR count). The molecule has 36 heavy (non-hydrogen) atoms. The zero-order chi connectivity index (χ0) is 26.5. The molecule has 0 amide bonds. The summed E-state index contributed by atoms with van der Waals surface area (Å²) in [6.45, 7) is 12.5. The van der Waals surface area contributed by atoms with Crippen molar-refractivity contribution < 1.29 is 23.7 Å². The Morgan fingerprint density at radius 3 is 1.97 bits per heavy atom. The average Bonchev–Trinajstić information content (AvgIpc) is 2.84. The number of hydrogen-bond acceptors (Lipinski definition) is 5. The second kappa shape index (κ2) is 15.2. The molecule has 5 heteroatoms. The van der Waals surface area contributed by atoms with E-state index in [0.717, 1.165) is 44.1 Å². The minimum Gasteiger partial charge on any atom is -0.493 e. The second-order valence-corrected chi connectivity index (χ2v) is 9.42. The Kier molecular flexibility index (Phi) is 12.4. The Labute approximate surface area is 217 Å². The van der Waals surface area contributed by atoms with Crippen LogP contribution in [0.2, 0.25) is 0 Å². The largest absolute Gasteiger partial charge is 0.493 e. The lowest BCUT2D eigenvalue weighted by Gasteiger charge is -2.21. The van der Waals surface area contributed by atoms with Gasteiger partial charge in [-0.05, 0) is 70.4 Å². The van der Waals surface area contributed by atoms with Crippen LogP contribution in [0.3, 0.4) is 0 Å². The van der Waals surface area contributed by atoms with E-state index in [2.05, 4.69) is 27.7 Å². The number of hydrogen-bond donors (Lipinski definition) is 0. The number of carbonyl (C=O) groups excluding carboxylic acids is 1. The standard InChI is InChI=1S/C31H44O5/c1-8-12-22(4)34-27-16-11-15-25(19-27)29(32)18-17-26-20-28(35-23(5)13-9-2)21-30(33-7)31(26)36-24(6)14-10-3/h11,15-24H,8-10,12-14H2,1-7H3. The van der Waals surface area contributed by atoms with Crippen LogP contribution in [0.5, 0.6) is 23.0 Å². The maximum absolute atomic E-state index is 13.1. The van der Waals surface area contributed by atoms with Crippen LogP contribution in [-0.4, -0.2) is 31.2 Å². The lowest BCUT2D eigenvalue weighted by molar-refractivity contribution is 0.104. The highest BCUT2D eigenvalue weighted by atomic mass is 16.5. The zero-order valence-electron chi connectivity index (χ0n) is 23.1. The van der Waals surface area contributed by atoms with Gasteiger partial charge in [-0.1, -0.05) is 52.2 Å². The van der Waals surface area contributed by atoms with E-state index < -0.39 is 0 Å². The van der Waals surface area contributed by atoms with Gasteiger partial charge in [-0.25, -0.2) is 0 Å². The van der Waals surface area contributed by atoms with E-state index in [4.69, 9.17) is 18.9 Å². The molecule has 3 unspecified atom stereocenters. The summed E-state index contributed by atoms with van der Waals surface area (Å²) >= 11 is 0. The van der Waals surface area contributed by atoms with Gasteiger partial charge in [0.1, 0.15) is 11.5 Å². The number of ether oxygens (including phenoxy) is 4. The van der Waals surface area contributed by atoms with Gasteiger partial charge < -0.3 is 18.9 Å². The van der Waals surface area contributed by atoms with Gasteiger partial charge in [0.2, 0.25) is 0 Å². The molecule has 0 N–H and O–H groups in total. The van der Waals surface area contributed by atoms with Crippen molar-refractivity contribution in [3.8, 4) is 23.0 Å². The number of ketones is 1. The van der Waals surface area contributed by atoms with E-state index in [1.807, 2.05) is 38.1 Å². The lowest BCUT2D eigenvalue weighted by atomic mass is 10.1. The first kappa shape index (κ1) is 29.3. The highest BCUT2D eigenvalue weighted by Crippen LogP contribution is 2.38. The monoisotopic (exact) mass is 496 g/mol. The van der Waals surface area contributed by atoms with Crippen molar-refractivity contribution in [3.05, 3.63) is 53.6 Å². The lowest BCUT2D eigenvalue weighted by Crippen LogP contribution is -2.14. The summed E-state index contributed by atoms with van der Waals surface area (Å²) in [5.41, 5.74) is 1.32. The second-order valence-electron chi connectivity index (χ2n) is 9.42. The SMILES string of the molecule is CCCC(C)Oc1cccc(C(=O)C=Cc2cc(OC(C)CCC)cc(OC)c2OC(C)CCC)c1. The van der Waals surface area contributed by atoms with Crippen LogP contribution in [0.1, 0.15) is 96.0 Å². The highest BCUT2D eigenvalue weighted by molar-refractivity contribution is 6.07. The molecule has 2 aromatic rings. The molecule has 2 aromatic carbocycles. The minimum absolute atomic E-state index is 0.0106. The van der Waals surface area contributed by atoms with Gasteiger partial charge in [0.15, 0.2) is 17.3 Å². The van der Waals surface area contributed by atoms with Crippen molar-refractivity contribution in [3.63, 3.8) is 0 Å². The molecular weight excluding hydrogens is 452 g/mol. The third kappa shape index (κ3) is 9.25. The molecule has 0 radical (unpaired) electrons. The van der Waals surface area contributed by atoms with E-state index >= 15 is 0 Å². The van der Waals surface area contributed by atoms with Gasteiger partial charge >= 0.3 is 0 Å². The van der Waals surface area contributed by atoms with E-state index in [1.165, 1.54) is 0 Å². The summed E-state index contributed by atoms with van der Waals surface area (Å²) in [4.78, 5) is 13.1. The molecule has 0 saturated carbocycles. The molecule has 0 heterocycles. The maximum Gasteiger partial charge on any atom is 0.185 e. The Balaban J connectivity index is 2.36. The molecule has 5 nitrogen and oxygen atoms in total. The van der Waals surface area contributed by atoms with Crippen molar-refractivity contribution >= 4 is 11.9 Å². The molecule has 0 aliphatic carbocycles. The normalized spacial score (nSPS) is 13.8. The first-order chi connectivity index (χ1) is 17.3. The smallest absolute Gasteiger partial charge is 0.185 e. The first-order valence-electron chi connectivity index (χ1n) is 13.4. The Bertz CT molecular complexity index is 981. The predicted molar refractivity (Wildman–Crippen MR) is 148 cm³/mol. The van der Waals surface area contributed by atoms with E-state index in [1.54, 1.807) is 31.4 Å². The molecule has 0 aliphatic heterocycles. The van der Waals surface area contributed by atoms with Crippen LogP contribution >= 0.6 is 0 Å². The van der Waals surface area contributed by atoms with E-state index in [9.17, 15) is 4.79 Å². The Morgan fingerprint density at radius 1 is 0.806 bits per heavy atom. The fourth-order valence-corrected chi connectivity index (χ4v) is 4.11. The van der Waals surface area contributed by atoms with Crippen molar-refractivity contribution in [1.82, 2.24) is 0 Å². The predicted octanol–water partition coefficient (Wildman–Crippen LogP) is 8.29. The molecule has 0 fully saturated rings. The molecule has 0 bridgehead atoms. The van der Waals surface area contributed by atoms with Crippen LogP contribution in [0.25, 0.3) is 6.08 Å². The summed E-state index contributed by atoms with van der Waals surface area (Å²) in [5, 5.41) is 0. The summed E-state index contributed by atoms with van der Waals surface area (Å²) < 4.78 is 24.1. The molecule has 0 spiro atoms. The van der Waals surface area contributed by atoms with Gasteiger partial charge in [0, 0.05) is 17.2 Å². The van der Waals surface area contributed by atoms with Gasteiger partial charge in [0.05, 0.1) is 25.4 Å². The molecule has 0 saturated heterocycles. The molecular formula is C31H44O5. The van der Waals surface area contributed by atoms with Crippen LogP contribution in [0.4, 0.5) is 0 Å². The zero-order valence-corrected chi connectivity index (χ0v) is 23.1. The molecule has 0 aliphatic rings. The number of methoxy groups -OCH3 is 1. The van der Waals surface area contributed by atoms with Crippen LogP contribution < -0.4 is 18.9 Å². The van der Waals surface area contributed by atoms with Crippen LogP contribution in [0.15, 0.2) is 42.5 Å². The topological polar surface area (TPSA) is 54.0 Å². The molecule has 3 atom stereocenters. The average molecular weight is 497 g/mol. The van der Waals surface area contributed by atoms with E-state index in [-0.39, 0.29) is 24.1 Å². The van der Waals surface area contributed by atoms with Crippen molar-refractivity contribution in [1.29, 1.82) is 0 Å². The third-order valence-corrected chi connectivity index (χ3v) is 5.89. The highest BCUT2D eigenvalue weighted by Gasteiger charge is 2.17. The number of carbonyl (C=O) groups is 1. The first-order valence-corrected chi connectivity index (χ1v) is 13.4. The summed E-state index contributed by atoms with van der Waals surface area (Å²) in [6.07, 6.45) is 9.47. The van der Waals surface area contributed by atoms with Crippen molar-refractivity contribution in [2.45, 2.75) is 98.4 Å². The maximum atomic E-state index is 13.1. The van der Waals surface area contributed by atoms with Gasteiger partial charge in [-0.3, -0.25) is 4.79 Å². The van der Waals surface area contributed by atoms with E-state index in [0.29, 0.717) is 28.6 Å². The summed E-state index contributed by atoms with van der Waals surface area (Å²) in [7, 11) is 1.62. The van der Waals surface area contributed by atoms with Crippen molar-refractivity contribution in [2.75, 3.05) is 7.11 Å². The van der Waals surface area contributed by atoms with Gasteiger partial charge in [-0.15, -0.1) is 0 Å². The minimum atomic E-state index is -0.110. The Hall–Kier alpha value is -2.95. The molecule has 0 aromatic heterocycles. The summed E-state index contributed by atoms with van der Waals surface area (Å²) in [5.74, 6) is 2.49. The molecule has 198 valence electrons. The fourth-order valence-electron chi connectivity index (χ4n) is 4.11. The summed E-state index contributed by atoms with van der Waals surface area (Å²) in [6, 6.07) is 11.1. The quantitative estimate of drug-likeness (QED) is 0.173. The fraction of sp³-hybridized carbons (Fsp3) is 0.516. The van der Waals surface area contributed by atoms with Gasteiger partial charge in [0.25, 0.3) is 0 Å². The third-order valence-electron chi connectivity index (χ3n) is 5.89. The van der Waals surface area contributed by atoms with Crippen LogP contribution in [0, 0.1) is 0 Å².